The van der Waals surface area contributed by atoms with Crippen molar-refractivity contribution in [3.63, 3.8) is 0 Å². The summed E-state index contributed by atoms with van der Waals surface area (Å²) in [5.74, 6) is -0.813. The monoisotopic (exact) mass is 403 g/mol. The number of carbonyl (C=O) groups is 3. The first kappa shape index (κ1) is 20.4. The van der Waals surface area contributed by atoms with Crippen LogP contribution in [-0.2, 0) is 14.3 Å². The molecule has 150 valence electrons. The minimum atomic E-state index is -0.431. The number of anilines is 1. The van der Waals surface area contributed by atoms with Crippen LogP contribution in [0, 0.1) is 6.92 Å². The summed E-state index contributed by atoms with van der Waals surface area (Å²) in [5.41, 5.74) is 3.14. The molecule has 0 bridgehead atoms. The van der Waals surface area contributed by atoms with Gasteiger partial charge in [-0.1, -0.05) is 6.07 Å². The van der Waals surface area contributed by atoms with Crippen molar-refractivity contribution in [3.05, 3.63) is 34.2 Å². The molecular formula is C20H25N3O4S. The highest BCUT2D eigenvalue weighted by Crippen LogP contribution is 2.33. The van der Waals surface area contributed by atoms with Crippen LogP contribution in [0.2, 0.25) is 0 Å². The maximum atomic E-state index is 12.6. The predicted octanol–water partition coefficient (Wildman–Crippen LogP) is 2.39. The van der Waals surface area contributed by atoms with E-state index in [1.165, 1.54) is 25.6 Å². The summed E-state index contributed by atoms with van der Waals surface area (Å²) in [5, 5.41) is 2.19. The number of ether oxygens (including phenoxy) is 1. The fourth-order valence-electron chi connectivity index (χ4n) is 3.26. The largest absolute Gasteiger partial charge is 0.383 e. The van der Waals surface area contributed by atoms with Crippen molar-refractivity contribution in [2.24, 2.45) is 0 Å². The van der Waals surface area contributed by atoms with Gasteiger partial charge in [-0.15, -0.1) is 0 Å². The Kier molecular flexibility index (Phi) is 6.74. The summed E-state index contributed by atoms with van der Waals surface area (Å²) in [6.07, 6.45) is 4.16. The number of hydrogen-bond acceptors (Lipinski definition) is 6. The van der Waals surface area contributed by atoms with Crippen LogP contribution < -0.4 is 10.2 Å². The molecule has 1 N–H and O–H groups in total. The summed E-state index contributed by atoms with van der Waals surface area (Å²) in [4.78, 5) is 40.3. The highest BCUT2D eigenvalue weighted by Gasteiger charge is 2.36. The normalized spacial score (nSPS) is 18.4. The van der Waals surface area contributed by atoms with Crippen LogP contribution in [0.3, 0.4) is 0 Å². The number of hydrogen-bond donors (Lipinski definition) is 1. The molecule has 8 heteroatoms. The van der Waals surface area contributed by atoms with Gasteiger partial charge in [-0.3, -0.25) is 19.3 Å². The number of nitrogens with zero attached hydrogens (tertiary/aromatic N) is 2. The Bertz CT molecular complexity index is 803. The summed E-state index contributed by atoms with van der Waals surface area (Å²) < 4.78 is 4.86. The quantitative estimate of drug-likeness (QED) is 0.556. The van der Waals surface area contributed by atoms with E-state index in [4.69, 9.17) is 4.74 Å². The van der Waals surface area contributed by atoms with Crippen LogP contribution in [-0.4, -0.2) is 61.8 Å². The Morgan fingerprint density at radius 2 is 2.04 bits per heavy atom. The minimum absolute atomic E-state index is 0.279. The van der Waals surface area contributed by atoms with E-state index < -0.39 is 11.1 Å². The molecule has 1 aromatic rings. The predicted molar refractivity (Wildman–Crippen MR) is 110 cm³/mol. The third kappa shape index (κ3) is 4.74. The number of carbonyl (C=O) groups excluding carboxylic acids is 3. The molecule has 7 nitrogen and oxygen atoms in total. The van der Waals surface area contributed by atoms with Crippen LogP contribution in [0.5, 0.6) is 0 Å². The Morgan fingerprint density at radius 3 is 2.71 bits per heavy atom. The van der Waals surface area contributed by atoms with E-state index in [1.54, 1.807) is 6.08 Å². The second-order valence-electron chi connectivity index (χ2n) is 6.85. The van der Waals surface area contributed by atoms with Gasteiger partial charge in [-0.25, -0.2) is 0 Å². The number of methoxy groups -OCH3 is 1. The maximum Gasteiger partial charge on any atom is 0.294 e. The molecule has 2 heterocycles. The number of aryl methyl sites for hydroxylation is 1. The van der Waals surface area contributed by atoms with Crippen molar-refractivity contribution in [3.8, 4) is 0 Å². The third-order valence-corrected chi connectivity index (χ3v) is 5.72. The molecule has 0 unspecified atom stereocenters. The lowest BCUT2D eigenvalue weighted by molar-refractivity contribution is -0.129. The summed E-state index contributed by atoms with van der Waals surface area (Å²) in [6.45, 7) is 4.58. The fourth-order valence-corrected chi connectivity index (χ4v) is 4.09. The van der Waals surface area contributed by atoms with Gasteiger partial charge in [0.05, 0.1) is 11.5 Å². The smallest absolute Gasteiger partial charge is 0.294 e. The van der Waals surface area contributed by atoms with Gasteiger partial charge in [0.2, 0.25) is 5.91 Å². The Hall–Kier alpha value is -2.32. The van der Waals surface area contributed by atoms with Crippen LogP contribution in [0.1, 0.15) is 24.0 Å². The molecule has 0 atom stereocenters. The van der Waals surface area contributed by atoms with Crippen LogP contribution in [0.25, 0.3) is 6.08 Å². The van der Waals surface area contributed by atoms with Gasteiger partial charge in [0.15, 0.2) is 0 Å². The first-order valence-corrected chi connectivity index (χ1v) is 10.2. The topological polar surface area (TPSA) is 79.0 Å². The fraction of sp³-hybridized carbons (Fsp3) is 0.450. The average molecular weight is 404 g/mol. The lowest BCUT2D eigenvalue weighted by atomic mass is 10.1. The molecule has 0 aromatic heterocycles. The summed E-state index contributed by atoms with van der Waals surface area (Å²) in [6, 6.07) is 6.15. The van der Waals surface area contributed by atoms with Crippen molar-refractivity contribution in [2.75, 3.05) is 44.8 Å². The molecule has 28 heavy (non-hydrogen) atoms. The highest BCUT2D eigenvalue weighted by molar-refractivity contribution is 8.18. The van der Waals surface area contributed by atoms with Crippen molar-refractivity contribution in [2.45, 2.75) is 19.8 Å². The van der Waals surface area contributed by atoms with Crippen LogP contribution in [0.4, 0.5) is 10.5 Å². The summed E-state index contributed by atoms with van der Waals surface area (Å²) in [7, 11) is 1.53. The molecule has 2 saturated heterocycles. The molecule has 2 aliphatic rings. The molecule has 0 saturated carbocycles. The second-order valence-corrected chi connectivity index (χ2v) is 7.84. The second kappa shape index (κ2) is 9.25. The maximum absolute atomic E-state index is 12.6. The van der Waals surface area contributed by atoms with Crippen molar-refractivity contribution in [1.82, 2.24) is 10.2 Å². The number of imide groups is 1. The van der Waals surface area contributed by atoms with E-state index in [0.29, 0.717) is 18.1 Å². The van der Waals surface area contributed by atoms with Gasteiger partial charge in [0, 0.05) is 32.4 Å². The Labute approximate surface area is 169 Å². The zero-order chi connectivity index (χ0) is 20.1. The number of amides is 3. The van der Waals surface area contributed by atoms with Crippen molar-refractivity contribution < 1.29 is 19.1 Å². The van der Waals surface area contributed by atoms with Crippen LogP contribution >= 0.6 is 11.8 Å². The SMILES string of the molecule is COCCNC(=O)CN1C(=O)S/C(=C\c2ccc(N3CCCC3)cc2C)C1=O. The molecule has 1 aromatic carbocycles. The van der Waals surface area contributed by atoms with Gasteiger partial charge in [-0.2, -0.15) is 0 Å². The molecule has 2 fully saturated rings. The molecule has 0 spiro atoms. The molecule has 0 aliphatic carbocycles. The Morgan fingerprint density at radius 1 is 1.29 bits per heavy atom. The molecular weight excluding hydrogens is 378 g/mol. The van der Waals surface area contributed by atoms with Gasteiger partial charge < -0.3 is 15.0 Å². The lowest BCUT2D eigenvalue weighted by Gasteiger charge is -2.18. The van der Waals surface area contributed by atoms with Crippen molar-refractivity contribution in [1.29, 1.82) is 0 Å². The molecule has 3 rings (SSSR count). The van der Waals surface area contributed by atoms with E-state index in [9.17, 15) is 14.4 Å². The van der Waals surface area contributed by atoms with E-state index in [2.05, 4.69) is 22.3 Å². The Balaban J connectivity index is 1.68. The zero-order valence-corrected chi connectivity index (χ0v) is 17.0. The first-order valence-electron chi connectivity index (χ1n) is 9.36. The van der Waals surface area contributed by atoms with Crippen molar-refractivity contribution >= 4 is 40.6 Å². The molecule has 3 amide bonds. The van der Waals surface area contributed by atoms with Gasteiger partial charge in [-0.05, 0) is 60.9 Å². The van der Waals surface area contributed by atoms with Gasteiger partial charge >= 0.3 is 0 Å². The van der Waals surface area contributed by atoms with E-state index in [-0.39, 0.29) is 12.5 Å². The standard InChI is InChI=1S/C20H25N3O4S/c1-14-11-16(22-8-3-4-9-22)6-5-15(14)12-17-19(25)23(20(26)28-17)13-18(24)21-7-10-27-2/h5-6,11-12H,3-4,7-10,13H2,1-2H3,(H,21,24)/b17-12-. The van der Waals surface area contributed by atoms with E-state index in [0.717, 1.165) is 40.9 Å². The van der Waals surface area contributed by atoms with E-state index in [1.807, 2.05) is 13.0 Å². The number of benzene rings is 1. The summed E-state index contributed by atoms with van der Waals surface area (Å²) >= 11 is 0.869. The minimum Gasteiger partial charge on any atom is -0.383 e. The van der Waals surface area contributed by atoms with Gasteiger partial charge in [0.1, 0.15) is 6.54 Å². The average Bonchev–Trinajstić information content (AvgIpc) is 3.29. The number of nitrogens with one attached hydrogen (secondary N) is 1. The first-order chi connectivity index (χ1) is 13.5. The number of rotatable bonds is 7. The third-order valence-electron chi connectivity index (χ3n) is 4.81. The van der Waals surface area contributed by atoms with Crippen LogP contribution in [0.15, 0.2) is 23.1 Å². The molecule has 2 aliphatic heterocycles. The molecule has 0 radical (unpaired) electrons. The number of thioether (sulfide) groups is 1. The van der Waals surface area contributed by atoms with E-state index >= 15 is 0 Å². The lowest BCUT2D eigenvalue weighted by Crippen LogP contribution is -2.40. The van der Waals surface area contributed by atoms with Gasteiger partial charge in [0.25, 0.3) is 11.1 Å². The zero-order valence-electron chi connectivity index (χ0n) is 16.2. The highest BCUT2D eigenvalue weighted by atomic mass is 32.2.